The Labute approximate surface area is 99.8 Å². The van der Waals surface area contributed by atoms with E-state index in [4.69, 9.17) is 17.0 Å². The highest BCUT2D eigenvalue weighted by Gasteiger charge is 2.08. The summed E-state index contributed by atoms with van der Waals surface area (Å²) in [7, 11) is 0. The molecule has 6 heteroatoms. The minimum atomic E-state index is 0.604. The standard InChI is InChI=1S/C10H16N4OS/c16-10-7-9(12-8-13-10)11-1-2-14-3-5-15-6-4-14/h7-8H,1-6H2,(H2,11,12,13,16). The van der Waals surface area contributed by atoms with E-state index < -0.39 is 0 Å². The van der Waals surface area contributed by atoms with Crippen molar-refractivity contribution in [3.05, 3.63) is 17.0 Å². The zero-order valence-corrected chi connectivity index (χ0v) is 9.92. The molecule has 88 valence electrons. The number of aromatic amines is 1. The number of anilines is 1. The van der Waals surface area contributed by atoms with Gasteiger partial charge in [-0.05, 0) is 0 Å². The fourth-order valence-corrected chi connectivity index (χ4v) is 1.81. The van der Waals surface area contributed by atoms with E-state index in [1.54, 1.807) is 6.33 Å². The number of nitrogens with one attached hydrogen (secondary N) is 2. The quantitative estimate of drug-likeness (QED) is 0.765. The first kappa shape index (κ1) is 11.5. The van der Waals surface area contributed by atoms with Gasteiger partial charge in [-0.2, -0.15) is 0 Å². The van der Waals surface area contributed by atoms with Crippen LogP contribution in [0.15, 0.2) is 12.4 Å². The summed E-state index contributed by atoms with van der Waals surface area (Å²) in [5, 5.41) is 3.29. The Morgan fingerprint density at radius 3 is 3.06 bits per heavy atom. The summed E-state index contributed by atoms with van der Waals surface area (Å²) in [5.74, 6) is 0.924. The van der Waals surface area contributed by atoms with E-state index in [1.165, 1.54) is 0 Å². The second-order valence-corrected chi connectivity index (χ2v) is 4.10. The van der Waals surface area contributed by atoms with E-state index in [1.807, 2.05) is 6.07 Å². The third-order valence-corrected chi connectivity index (χ3v) is 2.75. The molecule has 5 nitrogen and oxygen atoms in total. The Morgan fingerprint density at radius 2 is 2.31 bits per heavy atom. The van der Waals surface area contributed by atoms with Crippen LogP contribution in [0.25, 0.3) is 0 Å². The van der Waals surface area contributed by atoms with E-state index in [-0.39, 0.29) is 0 Å². The Hall–Kier alpha value is -0.980. The molecule has 0 aromatic carbocycles. The van der Waals surface area contributed by atoms with Gasteiger partial charge in [-0.1, -0.05) is 12.2 Å². The molecule has 1 aromatic heterocycles. The summed E-state index contributed by atoms with van der Waals surface area (Å²) >= 11 is 4.98. The number of hydrogen-bond acceptors (Lipinski definition) is 5. The van der Waals surface area contributed by atoms with Crippen molar-refractivity contribution in [3.63, 3.8) is 0 Å². The van der Waals surface area contributed by atoms with Crippen LogP contribution in [0.2, 0.25) is 0 Å². The molecule has 1 aromatic rings. The topological polar surface area (TPSA) is 53.2 Å². The second kappa shape index (κ2) is 5.93. The molecule has 0 atom stereocenters. The first-order valence-corrected chi connectivity index (χ1v) is 5.84. The van der Waals surface area contributed by atoms with Gasteiger partial charge < -0.3 is 15.0 Å². The zero-order chi connectivity index (χ0) is 11.2. The molecule has 2 N–H and O–H groups in total. The maximum Gasteiger partial charge on any atom is 0.131 e. The molecular formula is C10H16N4OS. The number of morpholine rings is 1. The van der Waals surface area contributed by atoms with Crippen molar-refractivity contribution >= 4 is 18.0 Å². The molecule has 0 radical (unpaired) electrons. The Balaban J connectivity index is 1.73. The van der Waals surface area contributed by atoms with Crippen LogP contribution >= 0.6 is 12.2 Å². The van der Waals surface area contributed by atoms with Gasteiger partial charge in [-0.15, -0.1) is 0 Å². The van der Waals surface area contributed by atoms with Gasteiger partial charge in [0.1, 0.15) is 10.5 Å². The Bertz CT molecular complexity index is 375. The van der Waals surface area contributed by atoms with Crippen LogP contribution in [0.4, 0.5) is 5.82 Å². The Kier molecular flexibility index (Phi) is 4.26. The summed E-state index contributed by atoms with van der Waals surface area (Å²) in [6, 6.07) is 1.83. The molecule has 1 aliphatic heterocycles. The molecule has 1 fully saturated rings. The van der Waals surface area contributed by atoms with Crippen LogP contribution in [0.5, 0.6) is 0 Å². The molecule has 0 saturated carbocycles. The van der Waals surface area contributed by atoms with Gasteiger partial charge in [0, 0.05) is 32.2 Å². The van der Waals surface area contributed by atoms with Gasteiger partial charge >= 0.3 is 0 Å². The van der Waals surface area contributed by atoms with E-state index in [2.05, 4.69) is 20.2 Å². The van der Waals surface area contributed by atoms with Crippen LogP contribution in [0, 0.1) is 4.64 Å². The van der Waals surface area contributed by atoms with E-state index >= 15 is 0 Å². The average molecular weight is 240 g/mol. The SMILES string of the molecule is S=c1cc(NCCN2CCOCC2)[nH]cn1. The van der Waals surface area contributed by atoms with Crippen molar-refractivity contribution in [2.75, 3.05) is 44.7 Å². The highest BCUT2D eigenvalue weighted by atomic mass is 32.1. The molecule has 2 rings (SSSR count). The monoisotopic (exact) mass is 240 g/mol. The highest BCUT2D eigenvalue weighted by Crippen LogP contribution is 2.00. The molecule has 1 saturated heterocycles. The van der Waals surface area contributed by atoms with Gasteiger partial charge in [0.05, 0.1) is 19.5 Å². The van der Waals surface area contributed by atoms with Gasteiger partial charge in [-0.25, -0.2) is 4.98 Å². The average Bonchev–Trinajstić information content (AvgIpc) is 2.30. The third-order valence-electron chi connectivity index (χ3n) is 2.53. The van der Waals surface area contributed by atoms with Gasteiger partial charge in [-0.3, -0.25) is 4.90 Å². The molecule has 0 aliphatic carbocycles. The van der Waals surface area contributed by atoms with Crippen molar-refractivity contribution in [3.8, 4) is 0 Å². The Morgan fingerprint density at radius 1 is 1.50 bits per heavy atom. The summed E-state index contributed by atoms with van der Waals surface area (Å²) in [4.78, 5) is 9.33. The first-order valence-electron chi connectivity index (χ1n) is 5.43. The predicted octanol–water partition coefficient (Wildman–Crippen LogP) is 0.883. The third kappa shape index (κ3) is 3.55. The van der Waals surface area contributed by atoms with Crippen molar-refractivity contribution in [2.45, 2.75) is 0 Å². The smallest absolute Gasteiger partial charge is 0.131 e. The number of rotatable bonds is 4. The second-order valence-electron chi connectivity index (χ2n) is 3.68. The first-order chi connectivity index (χ1) is 7.84. The molecule has 16 heavy (non-hydrogen) atoms. The van der Waals surface area contributed by atoms with E-state index in [0.29, 0.717) is 4.64 Å². The van der Waals surface area contributed by atoms with Crippen molar-refractivity contribution in [1.82, 2.24) is 14.9 Å². The van der Waals surface area contributed by atoms with Gasteiger partial charge in [0.25, 0.3) is 0 Å². The molecule has 0 amide bonds. The molecular weight excluding hydrogens is 224 g/mol. The highest BCUT2D eigenvalue weighted by molar-refractivity contribution is 7.71. The fraction of sp³-hybridized carbons (Fsp3) is 0.600. The van der Waals surface area contributed by atoms with Crippen LogP contribution in [0.1, 0.15) is 0 Å². The van der Waals surface area contributed by atoms with Crippen LogP contribution in [-0.4, -0.2) is 54.3 Å². The normalized spacial score (nSPS) is 17.2. The summed E-state index contributed by atoms with van der Waals surface area (Å²) in [6.45, 7) is 5.65. The van der Waals surface area contributed by atoms with Gasteiger partial charge in [0.15, 0.2) is 0 Å². The number of H-pyrrole nitrogens is 1. The minimum Gasteiger partial charge on any atom is -0.379 e. The molecule has 0 spiro atoms. The lowest BCUT2D eigenvalue weighted by Crippen LogP contribution is -2.39. The number of ether oxygens (including phenoxy) is 1. The summed E-state index contributed by atoms with van der Waals surface area (Å²) in [5.41, 5.74) is 0. The lowest BCUT2D eigenvalue weighted by atomic mass is 10.4. The van der Waals surface area contributed by atoms with Crippen molar-refractivity contribution in [1.29, 1.82) is 0 Å². The lowest BCUT2D eigenvalue weighted by molar-refractivity contribution is 0.0398. The van der Waals surface area contributed by atoms with E-state index in [9.17, 15) is 0 Å². The van der Waals surface area contributed by atoms with Crippen LogP contribution in [-0.2, 0) is 4.74 Å². The molecule has 0 bridgehead atoms. The largest absolute Gasteiger partial charge is 0.379 e. The predicted molar refractivity (Wildman–Crippen MR) is 65.2 cm³/mol. The molecule has 1 aliphatic rings. The molecule has 0 unspecified atom stereocenters. The van der Waals surface area contributed by atoms with E-state index in [0.717, 1.165) is 45.2 Å². The molecule has 2 heterocycles. The number of aromatic nitrogens is 2. The number of hydrogen-bond donors (Lipinski definition) is 2. The lowest BCUT2D eigenvalue weighted by Gasteiger charge is -2.26. The van der Waals surface area contributed by atoms with Gasteiger partial charge in [0.2, 0.25) is 0 Å². The number of nitrogens with zero attached hydrogens (tertiary/aromatic N) is 2. The fourth-order valence-electron chi connectivity index (χ4n) is 1.64. The van der Waals surface area contributed by atoms with Crippen molar-refractivity contribution < 1.29 is 4.74 Å². The summed E-state index contributed by atoms with van der Waals surface area (Å²) < 4.78 is 5.89. The zero-order valence-electron chi connectivity index (χ0n) is 9.11. The maximum atomic E-state index is 5.29. The maximum absolute atomic E-state index is 5.29. The minimum absolute atomic E-state index is 0.604. The van der Waals surface area contributed by atoms with Crippen LogP contribution < -0.4 is 5.32 Å². The van der Waals surface area contributed by atoms with Crippen molar-refractivity contribution in [2.24, 2.45) is 0 Å². The summed E-state index contributed by atoms with van der Waals surface area (Å²) in [6.07, 6.45) is 1.61. The van der Waals surface area contributed by atoms with Crippen LogP contribution in [0.3, 0.4) is 0 Å².